The maximum absolute atomic E-state index is 13.8. The maximum Gasteiger partial charge on any atom is 0.254 e. The van der Waals surface area contributed by atoms with E-state index in [1.54, 1.807) is 33.5 Å². The number of carbonyl (C=O) groups excluding carboxylic acids is 1. The fraction of sp³-hybridized carbons (Fsp3) is 0.269. The Bertz CT molecular complexity index is 1070. The standard InChI is InChI=1S/C26H27NO4/c1-17-9-11-19(12-10-17)24-21-8-6-5-7-18(21)13-14-27(24)26(28)20-15-22(29-2)25(31-4)23(16-20)30-3/h5-12,15-16,24H,13-14H2,1-4H3/t24-/m1/s1. The number of nitrogens with zero attached hydrogens (tertiary/aromatic N) is 1. The Morgan fingerprint density at radius 1 is 0.903 bits per heavy atom. The van der Waals surface area contributed by atoms with Gasteiger partial charge in [-0.25, -0.2) is 0 Å². The molecule has 4 rings (SSSR count). The SMILES string of the molecule is COc1cc(C(=O)N2CCc3ccccc3[C@H]2c2ccc(C)cc2)cc(OC)c1OC. The number of rotatable bonds is 5. The van der Waals surface area contributed by atoms with Crippen molar-refractivity contribution in [2.45, 2.75) is 19.4 Å². The second-order valence-corrected chi connectivity index (χ2v) is 7.67. The molecule has 0 saturated heterocycles. The van der Waals surface area contributed by atoms with Crippen molar-refractivity contribution in [3.63, 3.8) is 0 Å². The third-order valence-electron chi connectivity index (χ3n) is 5.85. The van der Waals surface area contributed by atoms with E-state index in [-0.39, 0.29) is 11.9 Å². The normalized spacial score (nSPS) is 15.2. The lowest BCUT2D eigenvalue weighted by atomic mass is 9.87. The molecular weight excluding hydrogens is 390 g/mol. The number of hydrogen-bond donors (Lipinski definition) is 0. The molecule has 5 heteroatoms. The van der Waals surface area contributed by atoms with Crippen LogP contribution in [0.3, 0.4) is 0 Å². The first-order chi connectivity index (χ1) is 15.1. The van der Waals surface area contributed by atoms with Gasteiger partial charge in [-0.1, -0.05) is 54.1 Å². The first-order valence-electron chi connectivity index (χ1n) is 10.3. The quantitative estimate of drug-likeness (QED) is 0.598. The largest absolute Gasteiger partial charge is 0.493 e. The van der Waals surface area contributed by atoms with Crippen molar-refractivity contribution in [3.8, 4) is 17.2 Å². The van der Waals surface area contributed by atoms with E-state index in [0.717, 1.165) is 12.0 Å². The molecule has 0 aromatic heterocycles. The van der Waals surface area contributed by atoms with Crippen molar-refractivity contribution in [1.82, 2.24) is 4.90 Å². The summed E-state index contributed by atoms with van der Waals surface area (Å²) in [5, 5.41) is 0. The first-order valence-corrected chi connectivity index (χ1v) is 10.3. The third kappa shape index (κ3) is 3.83. The highest BCUT2D eigenvalue weighted by Crippen LogP contribution is 2.40. The van der Waals surface area contributed by atoms with Crippen molar-refractivity contribution >= 4 is 5.91 Å². The Labute approximate surface area is 183 Å². The molecule has 0 N–H and O–H groups in total. The number of carbonyl (C=O) groups is 1. The molecule has 0 unspecified atom stereocenters. The number of benzene rings is 3. The van der Waals surface area contributed by atoms with E-state index < -0.39 is 0 Å². The molecule has 1 aliphatic heterocycles. The van der Waals surface area contributed by atoms with Gasteiger partial charge in [0.1, 0.15) is 0 Å². The summed E-state index contributed by atoms with van der Waals surface area (Å²) in [5.74, 6) is 1.34. The molecular formula is C26H27NO4. The Kier molecular flexibility index (Phi) is 5.85. The molecule has 3 aromatic carbocycles. The Morgan fingerprint density at radius 2 is 1.55 bits per heavy atom. The van der Waals surface area contributed by atoms with Gasteiger partial charge in [-0.15, -0.1) is 0 Å². The van der Waals surface area contributed by atoms with Crippen molar-refractivity contribution in [2.75, 3.05) is 27.9 Å². The van der Waals surface area contributed by atoms with Gasteiger partial charge in [0.2, 0.25) is 5.75 Å². The van der Waals surface area contributed by atoms with Crippen molar-refractivity contribution in [3.05, 3.63) is 88.5 Å². The maximum atomic E-state index is 13.8. The zero-order valence-corrected chi connectivity index (χ0v) is 18.3. The Hall–Kier alpha value is -3.47. The summed E-state index contributed by atoms with van der Waals surface area (Å²) >= 11 is 0. The van der Waals surface area contributed by atoms with Crippen molar-refractivity contribution in [1.29, 1.82) is 0 Å². The molecule has 0 aliphatic carbocycles. The minimum Gasteiger partial charge on any atom is -0.493 e. The summed E-state index contributed by atoms with van der Waals surface area (Å²) in [6, 6.07) is 20.0. The van der Waals surface area contributed by atoms with Gasteiger partial charge in [0.25, 0.3) is 5.91 Å². The topological polar surface area (TPSA) is 48.0 Å². The van der Waals surface area contributed by atoms with Gasteiger partial charge in [0.15, 0.2) is 11.5 Å². The van der Waals surface area contributed by atoms with E-state index in [9.17, 15) is 4.79 Å². The van der Waals surface area contributed by atoms with Gasteiger partial charge in [-0.05, 0) is 42.2 Å². The molecule has 0 radical (unpaired) electrons. The fourth-order valence-electron chi connectivity index (χ4n) is 4.26. The fourth-order valence-corrected chi connectivity index (χ4v) is 4.26. The molecule has 1 atom stereocenters. The van der Waals surface area contributed by atoms with Crippen LogP contribution in [0.1, 0.15) is 38.7 Å². The smallest absolute Gasteiger partial charge is 0.254 e. The van der Waals surface area contributed by atoms with E-state index in [4.69, 9.17) is 14.2 Å². The summed E-state index contributed by atoms with van der Waals surface area (Å²) in [4.78, 5) is 15.7. The van der Waals surface area contributed by atoms with Gasteiger partial charge < -0.3 is 19.1 Å². The van der Waals surface area contributed by atoms with Crippen LogP contribution < -0.4 is 14.2 Å². The number of amides is 1. The van der Waals surface area contributed by atoms with Crippen LogP contribution in [0.15, 0.2) is 60.7 Å². The molecule has 1 amide bonds. The highest BCUT2D eigenvalue weighted by Gasteiger charge is 2.33. The van der Waals surface area contributed by atoms with E-state index >= 15 is 0 Å². The van der Waals surface area contributed by atoms with Crippen LogP contribution in [0.4, 0.5) is 0 Å². The summed E-state index contributed by atoms with van der Waals surface area (Å²) in [7, 11) is 4.66. The van der Waals surface area contributed by atoms with E-state index in [0.29, 0.717) is 29.4 Å². The zero-order chi connectivity index (χ0) is 22.0. The van der Waals surface area contributed by atoms with Crippen LogP contribution in [0.5, 0.6) is 17.2 Å². The predicted molar refractivity (Wildman–Crippen MR) is 120 cm³/mol. The molecule has 3 aromatic rings. The number of ether oxygens (including phenoxy) is 3. The van der Waals surface area contributed by atoms with Crippen LogP contribution in [0.2, 0.25) is 0 Å². The molecule has 0 saturated carbocycles. The summed E-state index contributed by atoms with van der Waals surface area (Å²) in [6.07, 6.45) is 0.814. The van der Waals surface area contributed by atoms with Crippen LogP contribution in [-0.2, 0) is 6.42 Å². The minimum atomic E-state index is -0.155. The first kappa shape index (κ1) is 20.8. The Morgan fingerprint density at radius 3 is 2.16 bits per heavy atom. The van der Waals surface area contributed by atoms with Gasteiger partial charge in [0, 0.05) is 12.1 Å². The van der Waals surface area contributed by atoms with Gasteiger partial charge in [-0.2, -0.15) is 0 Å². The number of methoxy groups -OCH3 is 3. The second-order valence-electron chi connectivity index (χ2n) is 7.67. The molecule has 1 aliphatic rings. The summed E-state index contributed by atoms with van der Waals surface area (Å²) < 4.78 is 16.3. The lowest BCUT2D eigenvalue weighted by Gasteiger charge is -2.38. The van der Waals surface area contributed by atoms with Crippen LogP contribution in [0, 0.1) is 6.92 Å². The molecule has 0 bridgehead atoms. The Balaban J connectivity index is 1.80. The van der Waals surface area contributed by atoms with Crippen LogP contribution in [0.25, 0.3) is 0 Å². The molecule has 0 fully saturated rings. The molecule has 0 spiro atoms. The minimum absolute atomic E-state index is 0.0701. The van der Waals surface area contributed by atoms with Crippen molar-refractivity contribution in [2.24, 2.45) is 0 Å². The highest BCUT2D eigenvalue weighted by atomic mass is 16.5. The zero-order valence-electron chi connectivity index (χ0n) is 18.3. The third-order valence-corrected chi connectivity index (χ3v) is 5.85. The molecule has 5 nitrogen and oxygen atoms in total. The molecule has 1 heterocycles. The van der Waals surface area contributed by atoms with E-state index in [1.807, 2.05) is 11.0 Å². The monoisotopic (exact) mass is 417 g/mol. The van der Waals surface area contributed by atoms with Crippen molar-refractivity contribution < 1.29 is 19.0 Å². The van der Waals surface area contributed by atoms with E-state index in [2.05, 4.69) is 49.4 Å². The summed E-state index contributed by atoms with van der Waals surface area (Å²) in [6.45, 7) is 2.70. The second kappa shape index (κ2) is 8.72. The number of fused-ring (bicyclic) bond motifs is 1. The van der Waals surface area contributed by atoms with Crippen LogP contribution >= 0.6 is 0 Å². The average Bonchev–Trinajstić information content (AvgIpc) is 2.82. The molecule has 160 valence electrons. The number of aryl methyl sites for hydroxylation is 1. The van der Waals surface area contributed by atoms with Gasteiger partial charge in [0.05, 0.1) is 27.4 Å². The highest BCUT2D eigenvalue weighted by molar-refractivity contribution is 5.96. The molecule has 31 heavy (non-hydrogen) atoms. The van der Waals surface area contributed by atoms with Gasteiger partial charge >= 0.3 is 0 Å². The lowest BCUT2D eigenvalue weighted by molar-refractivity contribution is 0.0693. The number of hydrogen-bond acceptors (Lipinski definition) is 4. The summed E-state index contributed by atoms with van der Waals surface area (Å²) in [5.41, 5.74) is 5.24. The predicted octanol–water partition coefficient (Wildman–Crippen LogP) is 4.81. The average molecular weight is 418 g/mol. The van der Waals surface area contributed by atoms with Crippen LogP contribution in [-0.4, -0.2) is 38.7 Å². The van der Waals surface area contributed by atoms with Gasteiger partial charge in [-0.3, -0.25) is 4.79 Å². The van der Waals surface area contributed by atoms with E-state index in [1.165, 1.54) is 16.7 Å². The lowest BCUT2D eigenvalue weighted by Crippen LogP contribution is -2.40.